The molecule has 0 aliphatic rings. The van der Waals surface area contributed by atoms with Crippen LogP contribution in [0.1, 0.15) is 5.56 Å². The molecule has 0 amide bonds. The van der Waals surface area contributed by atoms with Crippen LogP contribution in [0.15, 0.2) is 32.8 Å². The van der Waals surface area contributed by atoms with Crippen LogP contribution in [0.5, 0.6) is 0 Å². The summed E-state index contributed by atoms with van der Waals surface area (Å²) in [5.41, 5.74) is 1.23. The maximum Gasteiger partial charge on any atom is 0.0175 e. The van der Waals surface area contributed by atoms with Gasteiger partial charge in [0.05, 0.1) is 0 Å². The zero-order valence-corrected chi connectivity index (χ0v) is 8.96. The van der Waals surface area contributed by atoms with Crippen LogP contribution >= 0.6 is 38.5 Å². The lowest BCUT2D eigenvalue weighted by Gasteiger charge is -1.90. The number of benzene rings is 1. The summed E-state index contributed by atoms with van der Waals surface area (Å²) in [7, 11) is 0. The minimum atomic E-state index is 1.12. The Morgan fingerprint density at radius 1 is 1.20 bits per heavy atom. The van der Waals surface area contributed by atoms with E-state index < -0.39 is 0 Å². The standard InChI is InChI=1S/C8H6BrI/c9-8-3-1-7(2-4-8)5-6-10/h1-6H. The first kappa shape index (κ1) is 8.27. The van der Waals surface area contributed by atoms with E-state index in [2.05, 4.69) is 56.7 Å². The summed E-state index contributed by atoms with van der Waals surface area (Å²) in [5, 5.41) is 0. The quantitative estimate of drug-likeness (QED) is 0.691. The number of hydrogen-bond acceptors (Lipinski definition) is 0. The van der Waals surface area contributed by atoms with Crippen molar-refractivity contribution in [2.24, 2.45) is 0 Å². The first-order chi connectivity index (χ1) is 4.83. The second kappa shape index (κ2) is 4.13. The lowest BCUT2D eigenvalue weighted by Crippen LogP contribution is -1.68. The van der Waals surface area contributed by atoms with Gasteiger partial charge in [0, 0.05) is 4.47 Å². The minimum Gasteiger partial charge on any atom is -0.0538 e. The SMILES string of the molecule is Brc1ccc(C=CI)cc1. The molecule has 0 aliphatic carbocycles. The molecule has 10 heavy (non-hydrogen) atoms. The van der Waals surface area contributed by atoms with E-state index in [1.807, 2.05) is 16.2 Å². The fourth-order valence-electron chi connectivity index (χ4n) is 0.647. The summed E-state index contributed by atoms with van der Waals surface area (Å²) in [5.74, 6) is 0. The normalized spacial score (nSPS) is 10.6. The third-order valence-corrected chi connectivity index (χ3v) is 2.01. The fourth-order valence-corrected chi connectivity index (χ4v) is 1.33. The van der Waals surface area contributed by atoms with Crippen LogP contribution in [0.2, 0.25) is 0 Å². The maximum atomic E-state index is 3.37. The van der Waals surface area contributed by atoms with Crippen molar-refractivity contribution >= 4 is 44.6 Å². The Kier molecular flexibility index (Phi) is 3.42. The van der Waals surface area contributed by atoms with Crippen molar-refractivity contribution in [3.63, 3.8) is 0 Å². The fraction of sp³-hybridized carbons (Fsp3) is 0. The van der Waals surface area contributed by atoms with E-state index in [0.29, 0.717) is 0 Å². The first-order valence-corrected chi connectivity index (χ1v) is 4.89. The highest BCUT2D eigenvalue weighted by Crippen LogP contribution is 2.11. The third-order valence-electron chi connectivity index (χ3n) is 1.13. The van der Waals surface area contributed by atoms with Crippen molar-refractivity contribution < 1.29 is 0 Å². The molecule has 0 heterocycles. The highest BCUT2D eigenvalue weighted by atomic mass is 127. The average molecular weight is 309 g/mol. The molecule has 0 bridgehead atoms. The van der Waals surface area contributed by atoms with E-state index in [1.54, 1.807) is 0 Å². The second-order valence-electron chi connectivity index (χ2n) is 1.84. The predicted octanol–water partition coefficient (Wildman–Crippen LogP) is 3.85. The van der Waals surface area contributed by atoms with E-state index in [9.17, 15) is 0 Å². The molecule has 0 atom stereocenters. The molecule has 0 saturated carbocycles. The molecule has 1 aromatic carbocycles. The maximum absolute atomic E-state index is 3.37. The zero-order chi connectivity index (χ0) is 7.40. The van der Waals surface area contributed by atoms with Gasteiger partial charge in [0.15, 0.2) is 0 Å². The molecule has 0 aliphatic heterocycles. The third kappa shape index (κ3) is 2.42. The largest absolute Gasteiger partial charge is 0.0538 e. The summed E-state index contributed by atoms with van der Waals surface area (Å²) in [6, 6.07) is 8.20. The smallest absolute Gasteiger partial charge is 0.0175 e. The van der Waals surface area contributed by atoms with Gasteiger partial charge in [-0.3, -0.25) is 0 Å². The highest BCUT2D eigenvalue weighted by molar-refractivity contribution is 14.1. The van der Waals surface area contributed by atoms with E-state index in [0.717, 1.165) is 4.47 Å². The number of rotatable bonds is 1. The highest BCUT2D eigenvalue weighted by Gasteiger charge is 1.84. The van der Waals surface area contributed by atoms with Gasteiger partial charge in [0.1, 0.15) is 0 Å². The molecule has 0 spiro atoms. The lowest BCUT2D eigenvalue weighted by atomic mass is 10.2. The molecule has 0 saturated heterocycles. The zero-order valence-electron chi connectivity index (χ0n) is 5.22. The Morgan fingerprint density at radius 2 is 1.80 bits per heavy atom. The minimum absolute atomic E-state index is 1.12. The Hall–Kier alpha value is 0.170. The lowest BCUT2D eigenvalue weighted by molar-refractivity contribution is 1.62. The number of hydrogen-bond donors (Lipinski definition) is 0. The van der Waals surface area contributed by atoms with Crippen molar-refractivity contribution in [2.75, 3.05) is 0 Å². The molecule has 0 fully saturated rings. The van der Waals surface area contributed by atoms with Crippen LogP contribution in [0.3, 0.4) is 0 Å². The van der Waals surface area contributed by atoms with Crippen LogP contribution < -0.4 is 0 Å². The molecule has 2 heteroatoms. The van der Waals surface area contributed by atoms with Crippen molar-refractivity contribution in [3.05, 3.63) is 38.4 Å². The van der Waals surface area contributed by atoms with Gasteiger partial charge in [-0.25, -0.2) is 0 Å². The summed E-state index contributed by atoms with van der Waals surface area (Å²) in [4.78, 5) is 0. The van der Waals surface area contributed by atoms with Crippen LogP contribution in [0.25, 0.3) is 6.08 Å². The van der Waals surface area contributed by atoms with Crippen molar-refractivity contribution in [3.8, 4) is 0 Å². The Morgan fingerprint density at radius 3 is 2.30 bits per heavy atom. The van der Waals surface area contributed by atoms with E-state index in [4.69, 9.17) is 0 Å². The van der Waals surface area contributed by atoms with Gasteiger partial charge in [-0.05, 0) is 27.9 Å². The van der Waals surface area contributed by atoms with Crippen LogP contribution in [0.4, 0.5) is 0 Å². The molecule has 1 aromatic rings. The summed E-state index contributed by atoms with van der Waals surface area (Å²) in [6.07, 6.45) is 2.06. The molecular formula is C8H6BrI. The number of halogens is 2. The molecule has 0 N–H and O–H groups in total. The topological polar surface area (TPSA) is 0 Å². The Bertz CT molecular complexity index is 226. The van der Waals surface area contributed by atoms with Crippen molar-refractivity contribution in [1.29, 1.82) is 0 Å². The van der Waals surface area contributed by atoms with Gasteiger partial charge >= 0.3 is 0 Å². The summed E-state index contributed by atoms with van der Waals surface area (Å²) >= 11 is 5.58. The molecule has 0 nitrogen and oxygen atoms in total. The second-order valence-corrected chi connectivity index (χ2v) is 3.48. The van der Waals surface area contributed by atoms with Crippen LogP contribution in [-0.4, -0.2) is 0 Å². The molecular weight excluding hydrogens is 303 g/mol. The van der Waals surface area contributed by atoms with E-state index >= 15 is 0 Å². The van der Waals surface area contributed by atoms with Gasteiger partial charge < -0.3 is 0 Å². The van der Waals surface area contributed by atoms with Gasteiger partial charge in [-0.2, -0.15) is 0 Å². The molecule has 0 radical (unpaired) electrons. The molecule has 52 valence electrons. The first-order valence-electron chi connectivity index (χ1n) is 2.85. The van der Waals surface area contributed by atoms with Gasteiger partial charge in [-0.1, -0.05) is 50.7 Å². The van der Waals surface area contributed by atoms with Gasteiger partial charge in [0.2, 0.25) is 0 Å². The van der Waals surface area contributed by atoms with Crippen LogP contribution in [0, 0.1) is 0 Å². The van der Waals surface area contributed by atoms with E-state index in [1.165, 1.54) is 5.56 Å². The molecule has 0 aromatic heterocycles. The summed E-state index contributed by atoms with van der Waals surface area (Å²) in [6.45, 7) is 0. The predicted molar refractivity (Wildman–Crippen MR) is 57.2 cm³/mol. The van der Waals surface area contributed by atoms with Crippen LogP contribution in [-0.2, 0) is 0 Å². The average Bonchev–Trinajstić information content (AvgIpc) is 1.95. The van der Waals surface area contributed by atoms with Crippen molar-refractivity contribution in [2.45, 2.75) is 0 Å². The van der Waals surface area contributed by atoms with Gasteiger partial charge in [0.25, 0.3) is 0 Å². The summed E-state index contributed by atoms with van der Waals surface area (Å²) < 4.78 is 3.12. The Balaban J connectivity index is 2.89. The van der Waals surface area contributed by atoms with E-state index in [-0.39, 0.29) is 0 Å². The van der Waals surface area contributed by atoms with Crippen molar-refractivity contribution in [1.82, 2.24) is 0 Å². The Labute approximate surface area is 82.6 Å². The molecule has 0 unspecified atom stereocenters. The molecule has 1 rings (SSSR count). The van der Waals surface area contributed by atoms with Gasteiger partial charge in [-0.15, -0.1) is 0 Å². The monoisotopic (exact) mass is 308 g/mol.